The van der Waals surface area contributed by atoms with Crippen LogP contribution in [0.1, 0.15) is 38.9 Å². The van der Waals surface area contributed by atoms with Crippen LogP contribution >= 0.6 is 0 Å². The highest BCUT2D eigenvalue weighted by atomic mass is 16.5. The average molecular weight is 259 g/mol. The number of aliphatic hydroxyl groups is 1. The summed E-state index contributed by atoms with van der Waals surface area (Å²) >= 11 is 0. The molecule has 0 aliphatic carbocycles. The van der Waals surface area contributed by atoms with Gasteiger partial charge in [0, 0.05) is 18.2 Å². The van der Waals surface area contributed by atoms with Gasteiger partial charge in [-0.25, -0.2) is 0 Å². The van der Waals surface area contributed by atoms with Crippen LogP contribution in [0.5, 0.6) is 0 Å². The molecule has 102 valence electrons. The van der Waals surface area contributed by atoms with E-state index in [9.17, 15) is 5.11 Å². The van der Waals surface area contributed by atoms with Crippen molar-refractivity contribution in [3.8, 4) is 0 Å². The molecule has 2 atom stereocenters. The number of aromatic nitrogens is 1. The van der Waals surface area contributed by atoms with Crippen LogP contribution in [0.4, 0.5) is 0 Å². The number of aliphatic hydroxyl groups excluding tert-OH is 1. The van der Waals surface area contributed by atoms with Crippen molar-refractivity contribution in [1.29, 1.82) is 0 Å². The van der Waals surface area contributed by atoms with E-state index in [-0.39, 0.29) is 0 Å². The zero-order valence-corrected chi connectivity index (χ0v) is 11.8. The van der Waals surface area contributed by atoms with Gasteiger partial charge in [0.05, 0.1) is 11.1 Å². The molecule has 2 rings (SSSR count). The van der Waals surface area contributed by atoms with Gasteiger partial charge < -0.3 is 9.84 Å². The monoisotopic (exact) mass is 259 g/mol. The van der Waals surface area contributed by atoms with E-state index in [4.69, 9.17) is 4.74 Å². The molecule has 0 fully saturated rings. The molecule has 0 amide bonds. The Labute approximate surface area is 114 Å². The minimum absolute atomic E-state index is 0.558. The van der Waals surface area contributed by atoms with Gasteiger partial charge in [0.1, 0.15) is 6.10 Å². The summed E-state index contributed by atoms with van der Waals surface area (Å²) in [5.41, 5.74) is 1.19. The largest absolute Gasteiger partial charge is 0.385 e. The minimum Gasteiger partial charge on any atom is -0.385 e. The Morgan fingerprint density at radius 2 is 2.11 bits per heavy atom. The fourth-order valence-electron chi connectivity index (χ4n) is 2.31. The van der Waals surface area contributed by atoms with E-state index in [1.165, 1.54) is 0 Å². The van der Waals surface area contributed by atoms with E-state index in [2.05, 4.69) is 4.98 Å². The van der Waals surface area contributed by atoms with Crippen LogP contribution in [0.3, 0.4) is 0 Å². The summed E-state index contributed by atoms with van der Waals surface area (Å²) in [6, 6.07) is 9.80. The van der Waals surface area contributed by atoms with Crippen molar-refractivity contribution in [2.75, 3.05) is 6.61 Å². The van der Waals surface area contributed by atoms with E-state index in [0.717, 1.165) is 22.9 Å². The Morgan fingerprint density at radius 3 is 2.79 bits per heavy atom. The smallest absolute Gasteiger partial charge is 0.108 e. The fourth-order valence-corrected chi connectivity index (χ4v) is 2.31. The van der Waals surface area contributed by atoms with E-state index in [1.807, 2.05) is 51.1 Å². The van der Waals surface area contributed by atoms with Crippen LogP contribution < -0.4 is 0 Å². The zero-order chi connectivity index (χ0) is 13.9. The molecule has 3 nitrogen and oxygen atoms in total. The Bertz CT molecular complexity index is 555. The van der Waals surface area contributed by atoms with Crippen molar-refractivity contribution in [1.82, 2.24) is 4.98 Å². The topological polar surface area (TPSA) is 42.4 Å². The summed E-state index contributed by atoms with van der Waals surface area (Å²) in [6.07, 6.45) is 1.87. The van der Waals surface area contributed by atoms with Crippen molar-refractivity contribution in [3.63, 3.8) is 0 Å². The molecule has 1 aromatic carbocycles. The van der Waals surface area contributed by atoms with Crippen LogP contribution in [0.15, 0.2) is 36.5 Å². The zero-order valence-electron chi connectivity index (χ0n) is 11.8. The highest BCUT2D eigenvalue weighted by Crippen LogP contribution is 2.33. The standard InChI is InChI=1S/C16H21NO2/c1-4-16(3,19-5-2)15(18)13-9-8-12-7-6-10-17-14(12)11-13/h6-11,15,18H,4-5H2,1-3H3. The molecule has 0 spiro atoms. The second kappa shape index (κ2) is 5.68. The van der Waals surface area contributed by atoms with Gasteiger partial charge in [0.15, 0.2) is 0 Å². The SMILES string of the molecule is CCOC(C)(CC)C(O)c1ccc2cccnc2c1. The first-order valence-corrected chi connectivity index (χ1v) is 6.77. The van der Waals surface area contributed by atoms with Crippen LogP contribution in [-0.2, 0) is 4.74 Å². The summed E-state index contributed by atoms with van der Waals surface area (Å²) < 4.78 is 5.74. The third kappa shape index (κ3) is 2.77. The molecule has 0 radical (unpaired) electrons. The molecule has 0 saturated carbocycles. The highest BCUT2D eigenvalue weighted by Gasteiger charge is 2.33. The van der Waals surface area contributed by atoms with Crippen LogP contribution in [0.25, 0.3) is 10.9 Å². The normalized spacial score (nSPS) is 16.2. The number of benzene rings is 1. The number of pyridine rings is 1. The van der Waals surface area contributed by atoms with Gasteiger partial charge in [-0.05, 0) is 38.0 Å². The van der Waals surface area contributed by atoms with Crippen molar-refractivity contribution in [2.45, 2.75) is 38.9 Å². The lowest BCUT2D eigenvalue weighted by atomic mass is 9.89. The lowest BCUT2D eigenvalue weighted by Gasteiger charge is -2.33. The molecule has 0 aliphatic heterocycles. The Kier molecular flexibility index (Phi) is 4.17. The molecule has 2 unspecified atom stereocenters. The van der Waals surface area contributed by atoms with Crippen molar-refractivity contribution in [3.05, 3.63) is 42.1 Å². The predicted molar refractivity (Wildman–Crippen MR) is 77.0 cm³/mol. The molecule has 2 aromatic rings. The van der Waals surface area contributed by atoms with E-state index in [1.54, 1.807) is 6.20 Å². The maximum atomic E-state index is 10.6. The Hall–Kier alpha value is -1.45. The molecular weight excluding hydrogens is 238 g/mol. The average Bonchev–Trinajstić information content (AvgIpc) is 2.46. The lowest BCUT2D eigenvalue weighted by molar-refractivity contribution is -0.113. The number of ether oxygens (including phenoxy) is 1. The number of rotatable bonds is 5. The summed E-state index contributed by atoms with van der Waals surface area (Å²) in [5, 5.41) is 11.7. The van der Waals surface area contributed by atoms with E-state index in [0.29, 0.717) is 6.61 Å². The third-order valence-electron chi connectivity index (χ3n) is 3.70. The first kappa shape index (κ1) is 14.0. The summed E-state index contributed by atoms with van der Waals surface area (Å²) in [5.74, 6) is 0. The number of nitrogens with zero attached hydrogens (tertiary/aromatic N) is 1. The van der Waals surface area contributed by atoms with Crippen molar-refractivity contribution in [2.24, 2.45) is 0 Å². The molecule has 1 aromatic heterocycles. The van der Waals surface area contributed by atoms with Gasteiger partial charge >= 0.3 is 0 Å². The second-order valence-electron chi connectivity index (χ2n) is 4.96. The Morgan fingerprint density at radius 1 is 1.32 bits per heavy atom. The van der Waals surface area contributed by atoms with Crippen LogP contribution in [0, 0.1) is 0 Å². The minimum atomic E-state index is -0.649. The summed E-state index contributed by atoms with van der Waals surface area (Å²) in [4.78, 5) is 4.33. The predicted octanol–water partition coefficient (Wildman–Crippen LogP) is 3.47. The van der Waals surface area contributed by atoms with Gasteiger partial charge in [0.25, 0.3) is 0 Å². The van der Waals surface area contributed by atoms with Crippen molar-refractivity contribution >= 4 is 10.9 Å². The van der Waals surface area contributed by atoms with Crippen molar-refractivity contribution < 1.29 is 9.84 Å². The molecule has 0 saturated heterocycles. The van der Waals surface area contributed by atoms with E-state index < -0.39 is 11.7 Å². The highest BCUT2D eigenvalue weighted by molar-refractivity contribution is 5.78. The molecule has 3 heteroatoms. The third-order valence-corrected chi connectivity index (χ3v) is 3.70. The van der Waals surface area contributed by atoms with E-state index >= 15 is 0 Å². The number of hydrogen-bond acceptors (Lipinski definition) is 3. The quantitative estimate of drug-likeness (QED) is 0.894. The maximum absolute atomic E-state index is 10.6. The van der Waals surface area contributed by atoms with Gasteiger partial charge in [-0.2, -0.15) is 0 Å². The van der Waals surface area contributed by atoms with Crippen LogP contribution in [0.2, 0.25) is 0 Å². The Balaban J connectivity index is 2.37. The molecule has 19 heavy (non-hydrogen) atoms. The molecule has 1 heterocycles. The summed E-state index contributed by atoms with van der Waals surface area (Å²) in [7, 11) is 0. The number of hydrogen-bond donors (Lipinski definition) is 1. The van der Waals surface area contributed by atoms with Gasteiger partial charge in [0.2, 0.25) is 0 Å². The first-order valence-electron chi connectivity index (χ1n) is 6.77. The maximum Gasteiger partial charge on any atom is 0.108 e. The molecule has 0 aliphatic rings. The van der Waals surface area contributed by atoms with Gasteiger partial charge in [-0.3, -0.25) is 4.98 Å². The first-order chi connectivity index (χ1) is 9.10. The molecule has 1 N–H and O–H groups in total. The molecular formula is C16H21NO2. The molecule has 0 bridgehead atoms. The van der Waals surface area contributed by atoms with Crippen LogP contribution in [-0.4, -0.2) is 22.3 Å². The van der Waals surface area contributed by atoms with Gasteiger partial charge in [-0.15, -0.1) is 0 Å². The second-order valence-corrected chi connectivity index (χ2v) is 4.96. The summed E-state index contributed by atoms with van der Waals surface area (Å²) in [6.45, 7) is 6.51. The lowest BCUT2D eigenvalue weighted by Crippen LogP contribution is -2.35. The fraction of sp³-hybridized carbons (Fsp3) is 0.438. The van der Waals surface area contributed by atoms with Gasteiger partial charge in [-0.1, -0.05) is 25.1 Å². The number of fused-ring (bicyclic) bond motifs is 1.